The van der Waals surface area contributed by atoms with E-state index in [0.717, 1.165) is 18.6 Å². The fourth-order valence-electron chi connectivity index (χ4n) is 3.15. The molecule has 0 unspecified atom stereocenters. The van der Waals surface area contributed by atoms with Crippen LogP contribution in [-0.4, -0.2) is 7.11 Å². The molecule has 0 saturated heterocycles. The minimum absolute atomic E-state index is 0.700. The molecule has 0 atom stereocenters. The number of ether oxygens (including phenoxy) is 1. The second-order valence-corrected chi connectivity index (χ2v) is 9.00. The third-order valence-electron chi connectivity index (χ3n) is 4.20. The van der Waals surface area contributed by atoms with E-state index in [-0.39, 0.29) is 0 Å². The zero-order chi connectivity index (χ0) is 14.2. The molecule has 0 fully saturated rings. The fourth-order valence-corrected chi connectivity index (χ4v) is 6.42. The van der Waals surface area contributed by atoms with Gasteiger partial charge in [-0.25, -0.2) is 0 Å². The molecular weight excluding hydrogens is 335 g/mol. The second-order valence-electron chi connectivity index (χ2n) is 5.48. The Balaban J connectivity index is 1.82. The Kier molecular flexibility index (Phi) is 3.43. The molecule has 0 spiro atoms. The molecular formula is C19H16OZr. The predicted octanol–water partition coefficient (Wildman–Crippen LogP) is 3.82. The number of fused-ring (bicyclic) bond motifs is 3. The van der Waals surface area contributed by atoms with E-state index in [4.69, 9.17) is 4.74 Å². The Hall–Kier alpha value is -1.40. The quantitative estimate of drug-likeness (QED) is 0.697. The summed E-state index contributed by atoms with van der Waals surface area (Å²) in [6.45, 7) is 0. The molecule has 102 valence electrons. The molecule has 0 N–H and O–H groups in total. The van der Waals surface area contributed by atoms with Gasteiger partial charge < -0.3 is 0 Å². The van der Waals surface area contributed by atoms with Gasteiger partial charge in [-0.1, -0.05) is 0 Å². The van der Waals surface area contributed by atoms with E-state index >= 15 is 0 Å². The van der Waals surface area contributed by atoms with Crippen molar-refractivity contribution in [2.75, 3.05) is 7.11 Å². The molecule has 2 aliphatic rings. The molecule has 0 bridgehead atoms. The third-order valence-corrected chi connectivity index (χ3v) is 7.66. The third kappa shape index (κ3) is 2.36. The molecule has 0 amide bonds. The van der Waals surface area contributed by atoms with E-state index in [2.05, 4.69) is 54.6 Å². The Morgan fingerprint density at radius 1 is 1.10 bits per heavy atom. The zero-order valence-corrected chi connectivity index (χ0v) is 14.5. The Bertz CT molecular complexity index is 771. The monoisotopic (exact) mass is 350 g/mol. The average molecular weight is 352 g/mol. The molecule has 0 aliphatic heterocycles. The normalized spacial score (nSPS) is 14.6. The summed E-state index contributed by atoms with van der Waals surface area (Å²) in [4.78, 5) is 0. The summed E-state index contributed by atoms with van der Waals surface area (Å²) in [5, 5.41) is 0. The van der Waals surface area contributed by atoms with Crippen LogP contribution < -0.4 is 8.01 Å². The van der Waals surface area contributed by atoms with Gasteiger partial charge in [-0.2, -0.15) is 0 Å². The predicted molar refractivity (Wildman–Crippen MR) is 82.7 cm³/mol. The van der Waals surface area contributed by atoms with Crippen molar-refractivity contribution in [2.24, 2.45) is 0 Å². The van der Waals surface area contributed by atoms with Crippen LogP contribution in [0.25, 0.3) is 11.1 Å². The van der Waals surface area contributed by atoms with Gasteiger partial charge in [-0.05, 0) is 0 Å². The van der Waals surface area contributed by atoms with Crippen LogP contribution in [0, 0.1) is 0 Å². The summed E-state index contributed by atoms with van der Waals surface area (Å²) in [5.41, 5.74) is 5.80. The van der Waals surface area contributed by atoms with Gasteiger partial charge in [0.05, 0.1) is 0 Å². The second kappa shape index (κ2) is 5.42. The fraction of sp³-hybridized carbons (Fsp3) is 0.158. The van der Waals surface area contributed by atoms with Crippen molar-refractivity contribution in [3.63, 3.8) is 0 Å². The zero-order valence-electron chi connectivity index (χ0n) is 12.0. The van der Waals surface area contributed by atoms with E-state index in [1.54, 1.807) is 19.2 Å². The average Bonchev–Trinajstić information content (AvgIpc) is 3.14. The molecule has 0 aromatic heterocycles. The van der Waals surface area contributed by atoms with Gasteiger partial charge in [0, 0.05) is 0 Å². The number of rotatable bonds is 3. The SMILES string of the molecule is COc1c[c]([Zr][C]2=CC=CC2)c2c(c1)-c1ccccc1C2. The van der Waals surface area contributed by atoms with Crippen LogP contribution in [0.3, 0.4) is 0 Å². The van der Waals surface area contributed by atoms with Gasteiger partial charge in [0.25, 0.3) is 0 Å². The summed E-state index contributed by atoms with van der Waals surface area (Å²) in [7, 11) is 1.77. The summed E-state index contributed by atoms with van der Waals surface area (Å²) in [5.74, 6) is 1.01. The summed E-state index contributed by atoms with van der Waals surface area (Å²) in [6, 6.07) is 13.3. The Labute approximate surface area is 136 Å². The van der Waals surface area contributed by atoms with Gasteiger partial charge in [0.2, 0.25) is 0 Å². The summed E-state index contributed by atoms with van der Waals surface area (Å²) >= 11 is -0.700. The number of benzene rings is 2. The van der Waals surface area contributed by atoms with Gasteiger partial charge in [-0.15, -0.1) is 0 Å². The van der Waals surface area contributed by atoms with Crippen molar-refractivity contribution < 1.29 is 28.0 Å². The van der Waals surface area contributed by atoms with Crippen molar-refractivity contribution in [3.05, 3.63) is 69.0 Å². The maximum absolute atomic E-state index is 5.55. The summed E-state index contributed by atoms with van der Waals surface area (Å²) < 4.78 is 8.79. The van der Waals surface area contributed by atoms with Crippen LogP contribution in [0.4, 0.5) is 0 Å². The van der Waals surface area contributed by atoms with Crippen molar-refractivity contribution >= 4 is 3.27 Å². The van der Waals surface area contributed by atoms with E-state index in [1.165, 1.54) is 16.7 Å². The van der Waals surface area contributed by atoms with Crippen LogP contribution in [0.1, 0.15) is 17.5 Å². The van der Waals surface area contributed by atoms with Crippen molar-refractivity contribution in [2.45, 2.75) is 12.8 Å². The molecule has 0 saturated carbocycles. The topological polar surface area (TPSA) is 9.23 Å². The molecule has 21 heavy (non-hydrogen) atoms. The van der Waals surface area contributed by atoms with Crippen molar-refractivity contribution in [1.29, 1.82) is 0 Å². The first-order valence-corrected chi connectivity index (χ1v) is 9.73. The van der Waals surface area contributed by atoms with Crippen LogP contribution >= 0.6 is 0 Å². The molecule has 2 aromatic carbocycles. The van der Waals surface area contributed by atoms with E-state index < -0.39 is 23.2 Å². The number of methoxy groups -OCH3 is 1. The molecule has 0 radical (unpaired) electrons. The minimum atomic E-state index is -0.700. The van der Waals surface area contributed by atoms with Gasteiger partial charge in [0.15, 0.2) is 0 Å². The maximum atomic E-state index is 5.55. The number of hydrogen-bond donors (Lipinski definition) is 0. The molecule has 1 nitrogen and oxygen atoms in total. The molecule has 0 heterocycles. The standard InChI is InChI=1S/C14H11O.C5H5.Zr/c1-15-12-7-6-11-8-10-4-2-3-5-13(10)14(11)9-12;1-2-4-5-3-1;/h2-5,7,9H,8H2,1H3;1-3H,4H2;. The summed E-state index contributed by atoms with van der Waals surface area (Å²) in [6.07, 6.45) is 9.04. The first-order valence-electron chi connectivity index (χ1n) is 7.27. The van der Waals surface area contributed by atoms with Gasteiger partial charge in [-0.3, -0.25) is 0 Å². The van der Waals surface area contributed by atoms with Crippen LogP contribution in [-0.2, 0) is 29.7 Å². The Morgan fingerprint density at radius 2 is 2.00 bits per heavy atom. The van der Waals surface area contributed by atoms with Crippen LogP contribution in [0.15, 0.2) is 57.9 Å². The molecule has 2 heteroatoms. The van der Waals surface area contributed by atoms with Gasteiger partial charge >= 0.3 is 137 Å². The van der Waals surface area contributed by atoms with Crippen molar-refractivity contribution in [3.8, 4) is 16.9 Å². The molecule has 4 rings (SSSR count). The first-order chi connectivity index (χ1) is 10.3. The number of allylic oxidation sites excluding steroid dienone is 4. The molecule has 2 aromatic rings. The number of hydrogen-bond acceptors (Lipinski definition) is 1. The van der Waals surface area contributed by atoms with E-state index in [1.807, 2.05) is 0 Å². The van der Waals surface area contributed by atoms with E-state index in [9.17, 15) is 0 Å². The Morgan fingerprint density at radius 3 is 2.81 bits per heavy atom. The van der Waals surface area contributed by atoms with E-state index in [0.29, 0.717) is 0 Å². The first kappa shape index (κ1) is 13.3. The van der Waals surface area contributed by atoms with Crippen LogP contribution in [0.2, 0.25) is 0 Å². The van der Waals surface area contributed by atoms with Crippen molar-refractivity contribution in [1.82, 2.24) is 0 Å². The van der Waals surface area contributed by atoms with Crippen LogP contribution in [0.5, 0.6) is 5.75 Å². The molecule has 2 aliphatic carbocycles. The van der Waals surface area contributed by atoms with Gasteiger partial charge in [0.1, 0.15) is 0 Å².